The van der Waals surface area contributed by atoms with E-state index >= 15 is 0 Å². The van der Waals surface area contributed by atoms with Crippen LogP contribution in [0.2, 0.25) is 0 Å². The fraction of sp³-hybridized carbons (Fsp3) is 0.571. The van der Waals surface area contributed by atoms with Crippen LogP contribution in [0.3, 0.4) is 0 Å². The predicted octanol–water partition coefficient (Wildman–Crippen LogP) is -4.53. The lowest BCUT2D eigenvalue weighted by Gasteiger charge is -2.27. The van der Waals surface area contributed by atoms with Gasteiger partial charge in [-0.3, -0.25) is 52.7 Å². The van der Waals surface area contributed by atoms with Gasteiger partial charge in [-0.2, -0.15) is 0 Å². The highest BCUT2D eigenvalue weighted by Gasteiger charge is 2.36. The first-order chi connectivity index (χ1) is 31.6. The van der Waals surface area contributed by atoms with Crippen molar-refractivity contribution in [2.45, 2.75) is 135 Å². The standard InChI is InChI=1S/C42H64N10O16/c1-19(2)14-25(48-35(60)21(5)43)38(63)49-26(15-23-10-8-7-9-11-23)36(61)45-18-30(55)46-27(16-31(56)57)39(64)47-24(12-13-29(44)54)37(62)50-28(17-32(58)59)40(65)52-34(22(6)53)41(66)51-33(20(3)4)42(67)68/h7-11,19-22,24-28,33-34,53H,12-18,43H2,1-6H3,(H2,44,54)(H,45,61)(H,46,55)(H,47,64)(H,48,60)(H,49,63)(H,50,62)(H,51,66)(H,52,65)(H,56,57)(H,58,59)(H,67,68)/t21-,22+,24-,25-,26-,27-,28-,33-,34-/m0/s1. The van der Waals surface area contributed by atoms with Gasteiger partial charge in [-0.15, -0.1) is 0 Å². The molecule has 0 aliphatic heterocycles. The van der Waals surface area contributed by atoms with E-state index in [0.717, 1.165) is 6.92 Å². The molecule has 1 rings (SSSR count). The van der Waals surface area contributed by atoms with E-state index in [1.807, 2.05) is 5.32 Å². The topological polar surface area (TPSA) is 434 Å². The number of benzene rings is 1. The zero-order valence-electron chi connectivity index (χ0n) is 38.5. The maximum atomic E-state index is 13.6. The van der Waals surface area contributed by atoms with Crippen molar-refractivity contribution in [2.75, 3.05) is 6.54 Å². The summed E-state index contributed by atoms with van der Waals surface area (Å²) in [5.74, 6) is -15.1. The van der Waals surface area contributed by atoms with Gasteiger partial charge in [0.15, 0.2) is 0 Å². The number of primary amides is 1. The smallest absolute Gasteiger partial charge is 0.326 e. The molecule has 68 heavy (non-hydrogen) atoms. The van der Waals surface area contributed by atoms with Gasteiger partial charge in [0.25, 0.3) is 0 Å². The summed E-state index contributed by atoms with van der Waals surface area (Å²) in [6.07, 6.45) is -5.12. The first-order valence-electron chi connectivity index (χ1n) is 21.4. The molecule has 0 bridgehead atoms. The molecule has 26 heteroatoms. The molecular weight excluding hydrogens is 901 g/mol. The van der Waals surface area contributed by atoms with Gasteiger partial charge < -0.3 is 74.4 Å². The monoisotopic (exact) mass is 964 g/mol. The molecule has 1 aromatic carbocycles. The van der Waals surface area contributed by atoms with E-state index in [9.17, 15) is 78.0 Å². The molecule has 0 saturated heterocycles. The van der Waals surface area contributed by atoms with Crippen molar-refractivity contribution in [3.05, 3.63) is 35.9 Å². The number of aliphatic hydroxyl groups excluding tert-OH is 1. The average molecular weight is 965 g/mol. The number of carboxylic acid groups (broad SMARTS) is 3. The molecule has 0 radical (unpaired) electrons. The van der Waals surface area contributed by atoms with Crippen molar-refractivity contribution < 1.29 is 78.0 Å². The largest absolute Gasteiger partial charge is 0.481 e. The summed E-state index contributed by atoms with van der Waals surface area (Å²) in [4.78, 5) is 153. The van der Waals surface area contributed by atoms with Crippen LogP contribution < -0.4 is 54.0 Å². The Morgan fingerprint density at radius 2 is 1.03 bits per heavy atom. The van der Waals surface area contributed by atoms with Crippen molar-refractivity contribution in [3.63, 3.8) is 0 Å². The van der Waals surface area contributed by atoms with E-state index in [-0.39, 0.29) is 18.8 Å². The molecule has 0 aliphatic carbocycles. The number of rotatable bonds is 30. The highest BCUT2D eigenvalue weighted by atomic mass is 16.4. The normalized spacial score (nSPS) is 15.0. The van der Waals surface area contributed by atoms with Crippen molar-refractivity contribution in [2.24, 2.45) is 23.3 Å². The zero-order valence-corrected chi connectivity index (χ0v) is 38.5. The number of aliphatic carboxylic acids is 3. The number of carbonyl (C=O) groups is 12. The molecule has 1 aromatic rings. The van der Waals surface area contributed by atoms with E-state index in [2.05, 4.69) is 37.2 Å². The van der Waals surface area contributed by atoms with Gasteiger partial charge in [0.05, 0.1) is 31.5 Å². The third-order valence-electron chi connectivity index (χ3n) is 9.74. The fourth-order valence-corrected chi connectivity index (χ4v) is 6.16. The number of aliphatic hydroxyl groups is 1. The molecule has 0 spiro atoms. The van der Waals surface area contributed by atoms with Crippen molar-refractivity contribution in [1.29, 1.82) is 0 Å². The second-order valence-electron chi connectivity index (χ2n) is 16.7. The summed E-state index contributed by atoms with van der Waals surface area (Å²) in [5.41, 5.74) is 11.5. The second kappa shape index (κ2) is 28.7. The second-order valence-corrected chi connectivity index (χ2v) is 16.7. The lowest BCUT2D eigenvalue weighted by Crippen LogP contribution is -2.61. The lowest BCUT2D eigenvalue weighted by atomic mass is 10.0. The lowest BCUT2D eigenvalue weighted by molar-refractivity contribution is -0.145. The number of carboxylic acids is 3. The Morgan fingerprint density at radius 1 is 0.559 bits per heavy atom. The van der Waals surface area contributed by atoms with Crippen molar-refractivity contribution in [1.82, 2.24) is 42.5 Å². The minimum absolute atomic E-state index is 0.0868. The molecule has 9 amide bonds. The summed E-state index contributed by atoms with van der Waals surface area (Å²) >= 11 is 0. The molecule has 0 saturated carbocycles. The number of nitrogens with one attached hydrogen (secondary N) is 8. The molecule has 0 fully saturated rings. The Hall–Kier alpha value is -7.22. The van der Waals surface area contributed by atoms with E-state index in [4.69, 9.17) is 11.5 Å². The number of amides is 9. The SMILES string of the molecule is CC(C)C[C@H](NC(=O)[C@H](C)N)C(=O)N[C@@H](Cc1ccccc1)C(=O)NCC(=O)N[C@@H](CC(=O)O)C(=O)N[C@@H](CCC(N)=O)C(=O)N[C@@H](CC(=O)O)C(=O)N[C@H](C(=O)N[C@H](C(=O)O)C(C)C)[C@@H](C)O. The van der Waals surface area contributed by atoms with Crippen LogP contribution in [0.1, 0.15) is 79.2 Å². The zero-order chi connectivity index (χ0) is 52.0. The van der Waals surface area contributed by atoms with Crippen LogP contribution in [-0.4, -0.2) is 152 Å². The van der Waals surface area contributed by atoms with Crippen molar-refractivity contribution >= 4 is 71.1 Å². The average Bonchev–Trinajstić information content (AvgIpc) is 3.23. The van der Waals surface area contributed by atoms with E-state index < -0.39 is 164 Å². The predicted molar refractivity (Wildman–Crippen MR) is 237 cm³/mol. The molecule has 0 aliphatic rings. The summed E-state index contributed by atoms with van der Waals surface area (Å²) in [7, 11) is 0. The summed E-state index contributed by atoms with van der Waals surface area (Å²) < 4.78 is 0. The summed E-state index contributed by atoms with van der Waals surface area (Å²) in [6.45, 7) is 8.11. The van der Waals surface area contributed by atoms with Crippen LogP contribution in [0.15, 0.2) is 30.3 Å². The maximum Gasteiger partial charge on any atom is 0.326 e. The van der Waals surface area contributed by atoms with Gasteiger partial charge in [-0.25, -0.2) is 4.79 Å². The van der Waals surface area contributed by atoms with Crippen LogP contribution in [0.4, 0.5) is 0 Å². The van der Waals surface area contributed by atoms with Crippen molar-refractivity contribution in [3.8, 4) is 0 Å². The third-order valence-corrected chi connectivity index (χ3v) is 9.74. The highest BCUT2D eigenvalue weighted by Crippen LogP contribution is 2.10. The molecule has 0 heterocycles. The molecule has 16 N–H and O–H groups in total. The van der Waals surface area contributed by atoms with Gasteiger partial charge in [0.1, 0.15) is 42.3 Å². The van der Waals surface area contributed by atoms with E-state index in [0.29, 0.717) is 5.56 Å². The number of hydrogen-bond donors (Lipinski definition) is 14. The highest BCUT2D eigenvalue weighted by molar-refractivity contribution is 5.99. The molecule has 0 unspecified atom stereocenters. The van der Waals surface area contributed by atoms with Gasteiger partial charge in [-0.1, -0.05) is 58.0 Å². The Kier molecular flexibility index (Phi) is 24.8. The number of hydrogen-bond acceptors (Lipinski definition) is 14. The van der Waals surface area contributed by atoms with Gasteiger partial charge in [0.2, 0.25) is 53.2 Å². The summed E-state index contributed by atoms with van der Waals surface area (Å²) in [5, 5.41) is 56.8. The molecule has 0 aromatic heterocycles. The third kappa shape index (κ3) is 21.8. The Labute approximate surface area is 391 Å². The number of carbonyl (C=O) groups excluding carboxylic acids is 9. The minimum Gasteiger partial charge on any atom is -0.481 e. The number of nitrogens with two attached hydrogens (primary N) is 2. The Balaban J connectivity index is 3.33. The Bertz CT molecular complexity index is 1980. The Morgan fingerprint density at radius 3 is 1.51 bits per heavy atom. The van der Waals surface area contributed by atoms with Crippen LogP contribution in [0.25, 0.3) is 0 Å². The quantitative estimate of drug-likeness (QED) is 0.0345. The van der Waals surface area contributed by atoms with Crippen LogP contribution in [0.5, 0.6) is 0 Å². The van der Waals surface area contributed by atoms with E-state index in [1.165, 1.54) is 20.8 Å². The van der Waals surface area contributed by atoms with Gasteiger partial charge >= 0.3 is 17.9 Å². The van der Waals surface area contributed by atoms with Gasteiger partial charge in [0, 0.05) is 12.8 Å². The van der Waals surface area contributed by atoms with Crippen LogP contribution >= 0.6 is 0 Å². The van der Waals surface area contributed by atoms with Crippen LogP contribution in [0, 0.1) is 11.8 Å². The maximum absolute atomic E-state index is 13.6. The minimum atomic E-state index is -2.05. The molecule has 378 valence electrons. The molecular formula is C42H64N10O16. The summed E-state index contributed by atoms with van der Waals surface area (Å²) in [6, 6.07) is -4.23. The fourth-order valence-electron chi connectivity index (χ4n) is 6.16. The first-order valence-corrected chi connectivity index (χ1v) is 21.4. The first kappa shape index (κ1) is 58.8. The van der Waals surface area contributed by atoms with Crippen LogP contribution in [-0.2, 0) is 64.0 Å². The molecule has 26 nitrogen and oxygen atoms in total. The van der Waals surface area contributed by atoms with E-state index in [1.54, 1.807) is 44.2 Å². The van der Waals surface area contributed by atoms with Gasteiger partial charge in [-0.05, 0) is 44.1 Å². The molecule has 9 atom stereocenters.